The third-order valence-electron chi connectivity index (χ3n) is 2.52. The molecule has 2 rings (SSSR count). The van der Waals surface area contributed by atoms with Crippen molar-refractivity contribution in [1.82, 2.24) is 4.98 Å². The van der Waals surface area contributed by atoms with Gasteiger partial charge in [-0.25, -0.2) is 4.98 Å². The molecule has 0 spiro atoms. The molecule has 0 saturated heterocycles. The van der Waals surface area contributed by atoms with Gasteiger partial charge < -0.3 is 5.73 Å². The second kappa shape index (κ2) is 6.03. The highest BCUT2D eigenvalue weighted by molar-refractivity contribution is 7.99. The SMILES string of the molecule is NCc1cc(Cl)ccc1Sc1ccc(C(F)(F)F)cn1. The van der Waals surface area contributed by atoms with Crippen molar-refractivity contribution in [3.8, 4) is 0 Å². The minimum absolute atomic E-state index is 0.295. The van der Waals surface area contributed by atoms with Gasteiger partial charge in [0.05, 0.1) is 5.56 Å². The number of hydrogen-bond donors (Lipinski definition) is 1. The molecule has 0 aliphatic carbocycles. The second-order valence-corrected chi connectivity index (χ2v) is 5.44. The highest BCUT2D eigenvalue weighted by atomic mass is 35.5. The lowest BCUT2D eigenvalue weighted by molar-refractivity contribution is -0.137. The molecule has 1 heterocycles. The van der Waals surface area contributed by atoms with Crippen molar-refractivity contribution in [2.45, 2.75) is 22.6 Å². The van der Waals surface area contributed by atoms with E-state index in [1.165, 1.54) is 17.8 Å². The van der Waals surface area contributed by atoms with Gasteiger partial charge in [0, 0.05) is 22.7 Å². The highest BCUT2D eigenvalue weighted by Gasteiger charge is 2.30. The average molecular weight is 319 g/mol. The third-order valence-corrected chi connectivity index (χ3v) is 3.82. The molecule has 0 saturated carbocycles. The van der Waals surface area contributed by atoms with Gasteiger partial charge >= 0.3 is 6.18 Å². The van der Waals surface area contributed by atoms with Crippen LogP contribution in [0.15, 0.2) is 46.5 Å². The third kappa shape index (κ3) is 3.65. The molecule has 0 amide bonds. The zero-order chi connectivity index (χ0) is 14.8. The van der Waals surface area contributed by atoms with Crippen molar-refractivity contribution in [2.75, 3.05) is 0 Å². The number of benzene rings is 1. The number of nitrogens with two attached hydrogens (primary N) is 1. The van der Waals surface area contributed by atoms with Gasteiger partial charge in [-0.1, -0.05) is 23.4 Å². The molecule has 0 fully saturated rings. The minimum Gasteiger partial charge on any atom is -0.326 e. The summed E-state index contributed by atoms with van der Waals surface area (Å²) in [5, 5.41) is 1.03. The van der Waals surface area contributed by atoms with E-state index in [1.54, 1.807) is 18.2 Å². The first-order chi connectivity index (χ1) is 9.40. The molecule has 0 atom stereocenters. The van der Waals surface area contributed by atoms with Gasteiger partial charge in [0.2, 0.25) is 0 Å². The summed E-state index contributed by atoms with van der Waals surface area (Å²) < 4.78 is 37.3. The Morgan fingerprint density at radius 2 is 1.95 bits per heavy atom. The van der Waals surface area contributed by atoms with Gasteiger partial charge in [-0.2, -0.15) is 13.2 Å². The van der Waals surface area contributed by atoms with Crippen molar-refractivity contribution in [1.29, 1.82) is 0 Å². The Balaban J connectivity index is 2.22. The predicted molar refractivity (Wildman–Crippen MR) is 72.7 cm³/mol. The molecule has 1 aromatic carbocycles. The van der Waals surface area contributed by atoms with E-state index in [0.29, 0.717) is 16.6 Å². The van der Waals surface area contributed by atoms with Gasteiger partial charge in [0.25, 0.3) is 0 Å². The fourth-order valence-corrected chi connectivity index (χ4v) is 2.60. The monoisotopic (exact) mass is 318 g/mol. The number of rotatable bonds is 3. The van der Waals surface area contributed by atoms with Crippen LogP contribution in [0.4, 0.5) is 13.2 Å². The quantitative estimate of drug-likeness (QED) is 0.913. The van der Waals surface area contributed by atoms with Crippen LogP contribution >= 0.6 is 23.4 Å². The number of halogens is 4. The van der Waals surface area contributed by atoms with Crippen LogP contribution in [0.2, 0.25) is 5.02 Å². The van der Waals surface area contributed by atoms with E-state index in [-0.39, 0.29) is 0 Å². The van der Waals surface area contributed by atoms with Crippen molar-refractivity contribution >= 4 is 23.4 Å². The first kappa shape index (κ1) is 15.2. The van der Waals surface area contributed by atoms with Crippen molar-refractivity contribution in [3.05, 3.63) is 52.7 Å². The van der Waals surface area contributed by atoms with Crippen LogP contribution in [0.1, 0.15) is 11.1 Å². The Kier molecular flexibility index (Phi) is 4.57. The molecule has 2 nitrogen and oxygen atoms in total. The number of pyridine rings is 1. The standard InChI is InChI=1S/C13H10ClF3N2S/c14-10-2-3-11(8(5-10)6-18)20-12-4-1-9(7-19-12)13(15,16)17/h1-5,7H,6,18H2. The molecule has 106 valence electrons. The molecule has 7 heteroatoms. The average Bonchev–Trinajstić information content (AvgIpc) is 2.40. The topological polar surface area (TPSA) is 38.9 Å². The summed E-state index contributed by atoms with van der Waals surface area (Å²) in [4.78, 5) is 4.63. The number of aromatic nitrogens is 1. The smallest absolute Gasteiger partial charge is 0.326 e. The van der Waals surface area contributed by atoms with Crippen LogP contribution < -0.4 is 5.73 Å². The van der Waals surface area contributed by atoms with Gasteiger partial charge in [0.15, 0.2) is 0 Å². The van der Waals surface area contributed by atoms with Crippen LogP contribution in [-0.4, -0.2) is 4.98 Å². The maximum absolute atomic E-state index is 12.4. The summed E-state index contributed by atoms with van der Waals surface area (Å²) in [6.07, 6.45) is -3.56. The van der Waals surface area contributed by atoms with Crippen LogP contribution in [-0.2, 0) is 12.7 Å². The van der Waals surface area contributed by atoms with E-state index in [0.717, 1.165) is 22.7 Å². The van der Waals surface area contributed by atoms with Crippen molar-refractivity contribution in [2.24, 2.45) is 5.73 Å². The zero-order valence-electron chi connectivity index (χ0n) is 10.1. The maximum Gasteiger partial charge on any atom is 0.417 e. The summed E-state index contributed by atoms with van der Waals surface area (Å²) in [6.45, 7) is 0.295. The first-order valence-electron chi connectivity index (χ1n) is 5.60. The zero-order valence-corrected chi connectivity index (χ0v) is 11.7. The van der Waals surface area contributed by atoms with Crippen molar-refractivity contribution < 1.29 is 13.2 Å². The summed E-state index contributed by atoms with van der Waals surface area (Å²) in [6, 6.07) is 7.55. The molecule has 0 radical (unpaired) electrons. The van der Waals surface area contributed by atoms with E-state index in [9.17, 15) is 13.2 Å². The molecule has 0 aliphatic heterocycles. The van der Waals surface area contributed by atoms with Crippen LogP contribution in [0.5, 0.6) is 0 Å². The fourth-order valence-electron chi connectivity index (χ4n) is 1.53. The van der Waals surface area contributed by atoms with E-state index < -0.39 is 11.7 Å². The van der Waals surface area contributed by atoms with Gasteiger partial charge in [0.1, 0.15) is 5.03 Å². The van der Waals surface area contributed by atoms with Gasteiger partial charge in [-0.3, -0.25) is 0 Å². The van der Waals surface area contributed by atoms with E-state index in [2.05, 4.69) is 4.98 Å². The molecule has 2 aromatic rings. The van der Waals surface area contributed by atoms with Gasteiger partial charge in [-0.15, -0.1) is 0 Å². The molecule has 0 aliphatic rings. The Hall–Kier alpha value is -1.24. The van der Waals surface area contributed by atoms with Crippen molar-refractivity contribution in [3.63, 3.8) is 0 Å². The summed E-state index contributed by atoms with van der Waals surface area (Å²) in [7, 11) is 0. The molecule has 0 bridgehead atoms. The minimum atomic E-state index is -4.38. The Morgan fingerprint density at radius 3 is 2.50 bits per heavy atom. The molecular formula is C13H10ClF3N2S. The molecular weight excluding hydrogens is 309 g/mol. The van der Waals surface area contributed by atoms with Gasteiger partial charge in [-0.05, 0) is 35.9 Å². The van der Waals surface area contributed by atoms with Crippen LogP contribution in [0, 0.1) is 0 Å². The summed E-state index contributed by atoms with van der Waals surface area (Å²) in [5.41, 5.74) is 5.67. The van der Waals surface area contributed by atoms with E-state index in [4.69, 9.17) is 17.3 Å². The molecule has 20 heavy (non-hydrogen) atoms. The van der Waals surface area contributed by atoms with Crippen LogP contribution in [0.25, 0.3) is 0 Å². The lowest BCUT2D eigenvalue weighted by atomic mass is 10.2. The highest BCUT2D eigenvalue weighted by Crippen LogP contribution is 2.33. The van der Waals surface area contributed by atoms with E-state index >= 15 is 0 Å². The maximum atomic E-state index is 12.4. The fraction of sp³-hybridized carbons (Fsp3) is 0.154. The summed E-state index contributed by atoms with van der Waals surface area (Å²) >= 11 is 7.11. The number of hydrogen-bond acceptors (Lipinski definition) is 3. The number of alkyl halides is 3. The largest absolute Gasteiger partial charge is 0.417 e. The lowest BCUT2D eigenvalue weighted by Gasteiger charge is -2.09. The van der Waals surface area contributed by atoms with E-state index in [1.807, 2.05) is 0 Å². The lowest BCUT2D eigenvalue weighted by Crippen LogP contribution is -2.05. The molecule has 1 aromatic heterocycles. The number of nitrogens with zero attached hydrogens (tertiary/aromatic N) is 1. The molecule has 0 unspecified atom stereocenters. The predicted octanol–water partition coefficient (Wildman–Crippen LogP) is 4.36. The van der Waals surface area contributed by atoms with Crippen LogP contribution in [0.3, 0.4) is 0 Å². The Bertz CT molecular complexity index is 600. The Labute approximate surface area is 123 Å². The summed E-state index contributed by atoms with van der Waals surface area (Å²) in [5.74, 6) is 0. The Morgan fingerprint density at radius 1 is 1.20 bits per heavy atom. The first-order valence-corrected chi connectivity index (χ1v) is 6.79. The second-order valence-electron chi connectivity index (χ2n) is 3.94. The normalized spacial score (nSPS) is 11.7. The molecule has 2 N–H and O–H groups in total.